The highest BCUT2D eigenvalue weighted by molar-refractivity contribution is 4.50. The van der Waals surface area contributed by atoms with Crippen LogP contribution in [-0.4, -0.2) is 13.2 Å². The van der Waals surface area contributed by atoms with Crippen molar-refractivity contribution >= 4 is 0 Å². The van der Waals surface area contributed by atoms with E-state index in [9.17, 15) is 0 Å². The Hall–Kier alpha value is -0.0400. The van der Waals surface area contributed by atoms with Gasteiger partial charge < -0.3 is 4.74 Å². The van der Waals surface area contributed by atoms with E-state index in [4.69, 9.17) is 4.74 Å². The SMILES string of the molecule is C1CCC1.C1COC1. The molecular formula is C7H14O. The van der Waals surface area contributed by atoms with Crippen LogP contribution >= 0.6 is 0 Å². The maximum atomic E-state index is 4.72. The van der Waals surface area contributed by atoms with Crippen LogP contribution in [-0.2, 0) is 4.74 Å². The zero-order valence-electron chi connectivity index (χ0n) is 5.36. The molecule has 1 heterocycles. The average Bonchev–Trinajstić information content (AvgIpc) is 1.12. The average molecular weight is 114 g/mol. The molecule has 1 aliphatic heterocycles. The van der Waals surface area contributed by atoms with Crippen molar-refractivity contribution in [1.29, 1.82) is 0 Å². The van der Waals surface area contributed by atoms with Crippen LogP contribution in [0.3, 0.4) is 0 Å². The summed E-state index contributed by atoms with van der Waals surface area (Å²) in [5.41, 5.74) is 0. The molecule has 1 saturated carbocycles. The monoisotopic (exact) mass is 114 g/mol. The normalized spacial score (nSPS) is 24.0. The van der Waals surface area contributed by atoms with E-state index in [1.807, 2.05) is 0 Å². The lowest BCUT2D eigenvalue weighted by molar-refractivity contribution is 0.0367. The van der Waals surface area contributed by atoms with Gasteiger partial charge in [0.25, 0.3) is 0 Å². The maximum Gasteiger partial charge on any atom is 0.0488 e. The molecule has 1 nitrogen and oxygen atoms in total. The lowest BCUT2D eigenvalue weighted by Crippen LogP contribution is -2.09. The second-order valence-corrected chi connectivity index (χ2v) is 2.38. The Labute approximate surface area is 51.0 Å². The molecule has 0 unspecified atom stereocenters. The summed E-state index contributed by atoms with van der Waals surface area (Å²) in [4.78, 5) is 0. The van der Waals surface area contributed by atoms with E-state index in [0.717, 1.165) is 13.2 Å². The number of hydrogen-bond donors (Lipinski definition) is 0. The van der Waals surface area contributed by atoms with Crippen LogP contribution < -0.4 is 0 Å². The van der Waals surface area contributed by atoms with Crippen LogP contribution in [0.4, 0.5) is 0 Å². The van der Waals surface area contributed by atoms with Crippen molar-refractivity contribution in [3.05, 3.63) is 0 Å². The Bertz CT molecular complexity index is 28.3. The molecule has 1 saturated heterocycles. The molecule has 0 aromatic carbocycles. The fourth-order valence-electron chi connectivity index (χ4n) is 0.394. The predicted molar refractivity (Wildman–Crippen MR) is 33.9 cm³/mol. The van der Waals surface area contributed by atoms with Crippen molar-refractivity contribution in [3.63, 3.8) is 0 Å². The van der Waals surface area contributed by atoms with Gasteiger partial charge in [-0.25, -0.2) is 0 Å². The third-order valence-electron chi connectivity index (χ3n) is 1.58. The van der Waals surface area contributed by atoms with Gasteiger partial charge in [0.2, 0.25) is 0 Å². The Morgan fingerprint density at radius 1 is 0.625 bits per heavy atom. The first-order valence-electron chi connectivity index (χ1n) is 3.58. The van der Waals surface area contributed by atoms with Crippen LogP contribution in [0.2, 0.25) is 0 Å². The van der Waals surface area contributed by atoms with Gasteiger partial charge in [0.05, 0.1) is 0 Å². The van der Waals surface area contributed by atoms with E-state index in [1.165, 1.54) is 32.1 Å². The van der Waals surface area contributed by atoms with Crippen LogP contribution in [0, 0.1) is 0 Å². The second kappa shape index (κ2) is 3.90. The molecule has 2 aliphatic rings. The van der Waals surface area contributed by atoms with Crippen molar-refractivity contribution in [2.75, 3.05) is 13.2 Å². The maximum absolute atomic E-state index is 4.72. The van der Waals surface area contributed by atoms with Crippen LogP contribution in [0.1, 0.15) is 32.1 Å². The smallest absolute Gasteiger partial charge is 0.0488 e. The summed E-state index contributed by atoms with van der Waals surface area (Å²) < 4.78 is 4.72. The van der Waals surface area contributed by atoms with Crippen molar-refractivity contribution in [3.8, 4) is 0 Å². The van der Waals surface area contributed by atoms with Crippen molar-refractivity contribution in [2.24, 2.45) is 0 Å². The predicted octanol–water partition coefficient (Wildman–Crippen LogP) is 1.97. The van der Waals surface area contributed by atoms with Crippen molar-refractivity contribution in [1.82, 2.24) is 0 Å². The first-order valence-corrected chi connectivity index (χ1v) is 3.58. The molecule has 0 bridgehead atoms. The van der Waals surface area contributed by atoms with Crippen molar-refractivity contribution in [2.45, 2.75) is 32.1 Å². The minimum atomic E-state index is 1.00. The fraction of sp³-hybridized carbons (Fsp3) is 1.00. The Morgan fingerprint density at radius 2 is 0.875 bits per heavy atom. The Balaban J connectivity index is 0.0000000800. The Morgan fingerprint density at radius 3 is 0.875 bits per heavy atom. The third-order valence-corrected chi connectivity index (χ3v) is 1.58. The van der Waals surface area contributed by atoms with Gasteiger partial charge in [-0.05, 0) is 6.42 Å². The molecule has 0 aromatic rings. The molecule has 8 heavy (non-hydrogen) atoms. The molecule has 0 spiro atoms. The summed E-state index contributed by atoms with van der Waals surface area (Å²) in [5, 5.41) is 0. The highest BCUT2D eigenvalue weighted by Gasteiger charge is 1.95. The van der Waals surface area contributed by atoms with Crippen LogP contribution in [0.5, 0.6) is 0 Å². The second-order valence-electron chi connectivity index (χ2n) is 2.38. The molecule has 1 aliphatic carbocycles. The summed E-state index contributed by atoms with van der Waals surface area (Å²) >= 11 is 0. The van der Waals surface area contributed by atoms with Crippen molar-refractivity contribution < 1.29 is 4.74 Å². The fourth-order valence-corrected chi connectivity index (χ4v) is 0.394. The summed E-state index contributed by atoms with van der Waals surface area (Å²) in [6.07, 6.45) is 7.28. The highest BCUT2D eigenvalue weighted by atomic mass is 16.5. The van der Waals surface area contributed by atoms with E-state index < -0.39 is 0 Å². The van der Waals surface area contributed by atoms with E-state index >= 15 is 0 Å². The summed E-state index contributed by atoms with van der Waals surface area (Å²) in [7, 11) is 0. The summed E-state index contributed by atoms with van der Waals surface area (Å²) in [6, 6.07) is 0. The third kappa shape index (κ3) is 2.31. The minimum Gasteiger partial charge on any atom is -0.381 e. The Kier molecular flexibility index (Phi) is 2.97. The molecule has 0 atom stereocenters. The molecule has 0 radical (unpaired) electrons. The topological polar surface area (TPSA) is 9.23 Å². The van der Waals surface area contributed by atoms with Gasteiger partial charge in [-0.3, -0.25) is 0 Å². The van der Waals surface area contributed by atoms with E-state index in [0.29, 0.717) is 0 Å². The van der Waals surface area contributed by atoms with E-state index in [1.54, 1.807) is 0 Å². The number of hydrogen-bond acceptors (Lipinski definition) is 1. The molecule has 2 rings (SSSR count). The summed E-state index contributed by atoms with van der Waals surface area (Å²) in [5.74, 6) is 0. The van der Waals surface area contributed by atoms with Gasteiger partial charge in [0, 0.05) is 13.2 Å². The van der Waals surface area contributed by atoms with Gasteiger partial charge in [0.15, 0.2) is 0 Å². The van der Waals surface area contributed by atoms with Crippen LogP contribution in [0.25, 0.3) is 0 Å². The lowest BCUT2D eigenvalue weighted by Gasteiger charge is -2.09. The minimum absolute atomic E-state index is 1.00. The summed E-state index contributed by atoms with van der Waals surface area (Å²) in [6.45, 7) is 2.00. The van der Waals surface area contributed by atoms with E-state index in [-0.39, 0.29) is 0 Å². The van der Waals surface area contributed by atoms with E-state index in [2.05, 4.69) is 0 Å². The molecule has 2 fully saturated rings. The van der Waals surface area contributed by atoms with Gasteiger partial charge in [-0.15, -0.1) is 0 Å². The van der Waals surface area contributed by atoms with Crippen LogP contribution in [0.15, 0.2) is 0 Å². The molecule has 0 aromatic heterocycles. The lowest BCUT2D eigenvalue weighted by atomic mass is 10.0. The largest absolute Gasteiger partial charge is 0.381 e. The molecule has 0 N–H and O–H groups in total. The van der Waals surface area contributed by atoms with Gasteiger partial charge in [-0.1, -0.05) is 25.7 Å². The first-order chi connectivity index (χ1) is 4.00. The zero-order chi connectivity index (χ0) is 5.66. The molecule has 48 valence electrons. The molecular weight excluding hydrogens is 100 g/mol. The van der Waals surface area contributed by atoms with Gasteiger partial charge in [0.1, 0.15) is 0 Å². The van der Waals surface area contributed by atoms with Gasteiger partial charge in [-0.2, -0.15) is 0 Å². The zero-order valence-corrected chi connectivity index (χ0v) is 5.36. The highest BCUT2D eigenvalue weighted by Crippen LogP contribution is 2.15. The number of rotatable bonds is 0. The number of ether oxygens (including phenoxy) is 1. The molecule has 1 heteroatoms. The first kappa shape index (κ1) is 6.09. The molecule has 0 amide bonds. The standard InChI is InChI=1S/C4H8.C3H6O/c2*1-2-4-3-1/h1-4H2;1-3H2. The quantitative estimate of drug-likeness (QED) is 0.468. The van der Waals surface area contributed by atoms with Gasteiger partial charge >= 0.3 is 0 Å².